The fraction of sp³-hybridized carbons (Fsp3) is 0.667. The number of halogens is 1. The number of nitrogens with two attached hydrogens (primary N) is 2. The fourth-order valence-electron chi connectivity index (χ4n) is 6.97. The lowest BCUT2D eigenvalue weighted by atomic mass is 9.55. The van der Waals surface area contributed by atoms with Gasteiger partial charge in [0.25, 0.3) is 0 Å². The van der Waals surface area contributed by atoms with E-state index in [0.717, 1.165) is 42.7 Å². The van der Waals surface area contributed by atoms with Crippen LogP contribution < -0.4 is 11.5 Å². The van der Waals surface area contributed by atoms with E-state index in [1.807, 2.05) is 0 Å². The predicted octanol–water partition coefficient (Wildman–Crippen LogP) is 2.57. The van der Waals surface area contributed by atoms with Gasteiger partial charge in [0.1, 0.15) is 10.4 Å². The summed E-state index contributed by atoms with van der Waals surface area (Å²) in [5.41, 5.74) is 10.1. The molecule has 1 aliphatic heterocycles. The molecule has 2 heterocycles. The highest BCUT2D eigenvalue weighted by molar-refractivity contribution is 9.11. The molecule has 1 aromatic heterocycles. The van der Waals surface area contributed by atoms with E-state index in [2.05, 4.69) is 38.0 Å². The summed E-state index contributed by atoms with van der Waals surface area (Å²) < 4.78 is 0.833. The number of carbonyl (C=O) groups excluding carboxylic acids is 2. The first-order valence-corrected chi connectivity index (χ1v) is 12.1. The van der Waals surface area contributed by atoms with Crippen molar-refractivity contribution in [2.75, 3.05) is 19.6 Å². The SMILES string of the molecule is NC(=O)[C@]1(CCCN2CCCC2)[C@@H]2C=C[C@@H](C23CC3)[C@@]1(C(N)=O)c1ncc(Br)s1. The molecular formula is C21H27BrN4O2S. The fourth-order valence-corrected chi connectivity index (χ4v) is 8.50. The van der Waals surface area contributed by atoms with Crippen LogP contribution in [0.15, 0.2) is 22.1 Å². The number of allylic oxidation sites excluding steroid dienone is 2. The standard InChI is InChI=1S/C21H27BrN4O2S/c22-15-12-25-18(29-15)21(17(24)28)14-5-4-13(19(14)7-8-19)20(21,16(23)27)6-3-11-26-9-1-2-10-26/h4-5,12-14H,1-3,6-11H2,(H2,23,27)(H2,24,28)/t13-,14+,20+,21-/m1/s1. The van der Waals surface area contributed by atoms with Crippen LogP contribution in [-0.4, -0.2) is 41.3 Å². The average Bonchev–Trinajstić information content (AvgIpc) is 3.01. The van der Waals surface area contributed by atoms with Crippen LogP contribution in [0.4, 0.5) is 0 Å². The number of hydrogen-bond donors (Lipinski definition) is 2. The van der Waals surface area contributed by atoms with Gasteiger partial charge in [-0.3, -0.25) is 9.59 Å². The van der Waals surface area contributed by atoms with Crippen LogP contribution in [0.25, 0.3) is 0 Å². The molecule has 8 heteroatoms. The molecule has 1 saturated heterocycles. The molecule has 5 rings (SSSR count). The number of nitrogens with zero attached hydrogens (tertiary/aromatic N) is 2. The molecule has 0 unspecified atom stereocenters. The van der Waals surface area contributed by atoms with E-state index in [4.69, 9.17) is 11.5 Å². The Kier molecular flexibility index (Phi) is 4.50. The van der Waals surface area contributed by atoms with Crippen LogP contribution in [-0.2, 0) is 15.0 Å². The molecule has 4 N–H and O–H groups in total. The van der Waals surface area contributed by atoms with Crippen molar-refractivity contribution in [3.8, 4) is 0 Å². The molecule has 3 fully saturated rings. The van der Waals surface area contributed by atoms with Crippen LogP contribution in [0.1, 0.15) is 43.5 Å². The van der Waals surface area contributed by atoms with Crippen LogP contribution in [0.2, 0.25) is 0 Å². The van der Waals surface area contributed by atoms with Gasteiger partial charge in [-0.05, 0) is 85.4 Å². The molecule has 4 atom stereocenters. The summed E-state index contributed by atoms with van der Waals surface area (Å²) in [6.45, 7) is 3.15. The van der Waals surface area contributed by atoms with Crippen LogP contribution in [0, 0.1) is 22.7 Å². The van der Waals surface area contributed by atoms with Gasteiger partial charge in [0.05, 0.1) is 15.4 Å². The third-order valence-corrected chi connectivity index (χ3v) is 9.76. The van der Waals surface area contributed by atoms with Gasteiger partial charge in [0.2, 0.25) is 11.8 Å². The van der Waals surface area contributed by atoms with Gasteiger partial charge >= 0.3 is 0 Å². The summed E-state index contributed by atoms with van der Waals surface area (Å²) in [5, 5.41) is 0.639. The van der Waals surface area contributed by atoms with E-state index in [9.17, 15) is 9.59 Å². The largest absolute Gasteiger partial charge is 0.369 e. The third-order valence-electron chi connectivity index (χ3n) is 8.15. The maximum atomic E-state index is 13.3. The van der Waals surface area contributed by atoms with E-state index in [-0.39, 0.29) is 17.3 Å². The summed E-state index contributed by atoms with van der Waals surface area (Å²) in [7, 11) is 0. The zero-order valence-corrected chi connectivity index (χ0v) is 18.8. The van der Waals surface area contributed by atoms with E-state index in [1.54, 1.807) is 6.20 Å². The summed E-state index contributed by atoms with van der Waals surface area (Å²) in [4.78, 5) is 33.6. The number of primary amides is 2. The Morgan fingerprint density at radius 3 is 2.41 bits per heavy atom. The minimum atomic E-state index is -1.16. The van der Waals surface area contributed by atoms with Gasteiger partial charge in [-0.1, -0.05) is 12.2 Å². The van der Waals surface area contributed by atoms with Crippen molar-refractivity contribution in [3.05, 3.63) is 27.1 Å². The molecule has 29 heavy (non-hydrogen) atoms. The van der Waals surface area contributed by atoms with Crippen LogP contribution in [0.5, 0.6) is 0 Å². The van der Waals surface area contributed by atoms with Gasteiger partial charge in [0, 0.05) is 5.92 Å². The lowest BCUT2D eigenvalue weighted by Gasteiger charge is -2.46. The van der Waals surface area contributed by atoms with Crippen molar-refractivity contribution < 1.29 is 9.59 Å². The Balaban J connectivity index is 1.62. The zero-order chi connectivity index (χ0) is 20.4. The first kappa shape index (κ1) is 19.7. The normalized spacial score (nSPS) is 36.9. The molecule has 0 aromatic carbocycles. The van der Waals surface area contributed by atoms with Crippen LogP contribution in [0.3, 0.4) is 0 Å². The zero-order valence-electron chi connectivity index (χ0n) is 16.4. The lowest BCUT2D eigenvalue weighted by Crippen LogP contribution is -2.62. The van der Waals surface area contributed by atoms with E-state index >= 15 is 0 Å². The highest BCUT2D eigenvalue weighted by Crippen LogP contribution is 2.80. The van der Waals surface area contributed by atoms with Gasteiger partial charge in [-0.2, -0.15) is 0 Å². The Hall–Kier alpha value is -1.25. The van der Waals surface area contributed by atoms with Crippen molar-refractivity contribution >= 4 is 39.1 Å². The Morgan fingerprint density at radius 2 is 1.86 bits per heavy atom. The summed E-state index contributed by atoms with van der Waals surface area (Å²) in [5.74, 6) is -0.990. The maximum Gasteiger partial charge on any atom is 0.232 e. The molecular weight excluding hydrogens is 452 g/mol. The van der Waals surface area contributed by atoms with E-state index in [1.165, 1.54) is 24.2 Å². The number of amides is 2. The number of likely N-dealkylation sites (tertiary alicyclic amines) is 1. The van der Waals surface area contributed by atoms with Crippen LogP contribution >= 0.6 is 27.3 Å². The lowest BCUT2D eigenvalue weighted by molar-refractivity contribution is -0.144. The molecule has 2 amide bonds. The molecule has 4 aliphatic rings. The molecule has 1 aromatic rings. The quantitative estimate of drug-likeness (QED) is 0.587. The van der Waals surface area contributed by atoms with Crippen molar-refractivity contribution in [1.82, 2.24) is 9.88 Å². The van der Waals surface area contributed by atoms with Gasteiger partial charge < -0.3 is 16.4 Å². The second-order valence-electron chi connectivity index (χ2n) is 9.20. The first-order chi connectivity index (χ1) is 13.9. The molecule has 1 spiro atoms. The highest BCUT2D eigenvalue weighted by Gasteiger charge is 2.83. The molecule has 2 bridgehead atoms. The second kappa shape index (κ2) is 6.62. The predicted molar refractivity (Wildman–Crippen MR) is 115 cm³/mol. The molecule has 0 radical (unpaired) electrons. The molecule has 3 aliphatic carbocycles. The van der Waals surface area contributed by atoms with E-state index in [0.29, 0.717) is 11.4 Å². The van der Waals surface area contributed by atoms with Gasteiger partial charge in [-0.15, -0.1) is 11.3 Å². The minimum Gasteiger partial charge on any atom is -0.369 e. The first-order valence-electron chi connectivity index (χ1n) is 10.5. The van der Waals surface area contributed by atoms with Crippen molar-refractivity contribution in [1.29, 1.82) is 0 Å². The molecule has 6 nitrogen and oxygen atoms in total. The van der Waals surface area contributed by atoms with E-state index < -0.39 is 22.6 Å². The Morgan fingerprint density at radius 1 is 1.17 bits per heavy atom. The monoisotopic (exact) mass is 478 g/mol. The summed E-state index contributed by atoms with van der Waals surface area (Å²) >= 11 is 4.90. The van der Waals surface area contributed by atoms with Gasteiger partial charge in [0.15, 0.2) is 0 Å². The number of thiazole rings is 1. The van der Waals surface area contributed by atoms with Crippen molar-refractivity contribution in [3.63, 3.8) is 0 Å². The second-order valence-corrected chi connectivity index (χ2v) is 11.6. The van der Waals surface area contributed by atoms with Crippen molar-refractivity contribution in [2.24, 2.45) is 34.1 Å². The third kappa shape index (κ3) is 2.39. The maximum absolute atomic E-state index is 13.3. The molecule has 2 saturated carbocycles. The number of aromatic nitrogens is 1. The number of carbonyl (C=O) groups is 2. The van der Waals surface area contributed by atoms with Gasteiger partial charge in [-0.25, -0.2) is 4.98 Å². The highest BCUT2D eigenvalue weighted by atomic mass is 79.9. The topological polar surface area (TPSA) is 102 Å². The summed E-state index contributed by atoms with van der Waals surface area (Å²) in [6.07, 6.45) is 11.9. The Bertz CT molecular complexity index is 891. The van der Waals surface area contributed by atoms with Crippen molar-refractivity contribution in [2.45, 2.75) is 43.9 Å². The average molecular weight is 479 g/mol. The smallest absolute Gasteiger partial charge is 0.232 e. The number of hydrogen-bond acceptors (Lipinski definition) is 5. The molecule has 156 valence electrons. The number of rotatable bonds is 7. The Labute approximate surface area is 183 Å². The summed E-state index contributed by atoms with van der Waals surface area (Å²) in [6, 6.07) is 0. The minimum absolute atomic E-state index is 0.0359.